The van der Waals surface area contributed by atoms with Crippen LogP contribution < -0.4 is 9.47 Å². The van der Waals surface area contributed by atoms with Crippen LogP contribution in [0.4, 0.5) is 0 Å². The molecular formula is C19H17NO4S. The molecular weight excluding hydrogens is 338 g/mol. The van der Waals surface area contributed by atoms with E-state index >= 15 is 0 Å². The van der Waals surface area contributed by atoms with E-state index in [4.69, 9.17) is 9.47 Å². The van der Waals surface area contributed by atoms with E-state index in [9.17, 15) is 15.2 Å². The lowest BCUT2D eigenvalue weighted by Crippen LogP contribution is -2.05. The number of nitrogens with zero attached hydrogens (tertiary/aromatic N) is 1. The van der Waals surface area contributed by atoms with Gasteiger partial charge in [0.25, 0.3) is 0 Å². The zero-order valence-corrected chi connectivity index (χ0v) is 14.7. The Kier molecular flexibility index (Phi) is 6.49. The Morgan fingerprint density at radius 2 is 1.96 bits per heavy atom. The molecule has 128 valence electrons. The number of thioether (sulfide) groups is 1. The van der Waals surface area contributed by atoms with Crippen LogP contribution >= 0.6 is 11.8 Å². The first-order chi connectivity index (χ1) is 12.1. The van der Waals surface area contributed by atoms with Crippen LogP contribution in [0.15, 0.2) is 53.4 Å². The average Bonchev–Trinajstić information content (AvgIpc) is 2.64. The molecule has 5 nitrogen and oxygen atoms in total. The number of carbonyl (C=O) groups is 1. The molecule has 0 bridgehead atoms. The van der Waals surface area contributed by atoms with E-state index in [-0.39, 0.29) is 11.3 Å². The first kappa shape index (κ1) is 18.4. The third-order valence-corrected chi connectivity index (χ3v) is 4.12. The van der Waals surface area contributed by atoms with Crippen LogP contribution in [-0.4, -0.2) is 23.9 Å². The van der Waals surface area contributed by atoms with Gasteiger partial charge in [-0.15, -0.1) is 11.8 Å². The Bertz CT molecular complexity index is 825. The Hall–Kier alpha value is -2.91. The van der Waals surface area contributed by atoms with Gasteiger partial charge in [-0.25, -0.2) is 4.79 Å². The molecule has 0 unspecified atom stereocenters. The highest BCUT2D eigenvalue weighted by atomic mass is 32.2. The van der Waals surface area contributed by atoms with Gasteiger partial charge >= 0.3 is 5.97 Å². The summed E-state index contributed by atoms with van der Waals surface area (Å²) >= 11 is 1.34. The first-order valence-electron chi connectivity index (χ1n) is 7.52. The molecule has 0 heterocycles. The summed E-state index contributed by atoms with van der Waals surface area (Å²) < 4.78 is 11.1. The number of aromatic carboxylic acids is 1. The van der Waals surface area contributed by atoms with E-state index in [0.717, 1.165) is 0 Å². The van der Waals surface area contributed by atoms with Crippen molar-refractivity contribution in [1.82, 2.24) is 0 Å². The second-order valence-electron chi connectivity index (χ2n) is 4.84. The normalized spacial score (nSPS) is 11.2. The topological polar surface area (TPSA) is 79.5 Å². The van der Waals surface area contributed by atoms with Crippen molar-refractivity contribution >= 4 is 23.5 Å². The number of carboxylic acid groups (broad SMARTS) is 1. The maximum atomic E-state index is 11.5. The van der Waals surface area contributed by atoms with E-state index in [1.165, 1.54) is 31.0 Å². The van der Waals surface area contributed by atoms with Crippen molar-refractivity contribution in [2.45, 2.75) is 6.92 Å². The van der Waals surface area contributed by atoms with Crippen LogP contribution in [0.2, 0.25) is 0 Å². The van der Waals surface area contributed by atoms with E-state index in [2.05, 4.69) is 6.07 Å². The fraction of sp³-hybridized carbons (Fsp3) is 0.158. The molecule has 0 fully saturated rings. The molecule has 0 aromatic heterocycles. The number of allylic oxidation sites excluding steroid dienone is 1. The Morgan fingerprint density at radius 1 is 1.24 bits per heavy atom. The first-order valence-corrected chi connectivity index (χ1v) is 8.51. The van der Waals surface area contributed by atoms with Gasteiger partial charge in [0.2, 0.25) is 0 Å². The second-order valence-corrected chi connectivity index (χ2v) is 6.11. The average molecular weight is 355 g/mol. The third kappa shape index (κ3) is 4.55. The van der Waals surface area contributed by atoms with Crippen molar-refractivity contribution in [2.75, 3.05) is 12.9 Å². The minimum Gasteiger partial charge on any atom is -0.497 e. The third-order valence-electron chi connectivity index (χ3n) is 3.26. The SMILES string of the molecule is CCSC(C#N)=C(Oc1cc(OC)ccc1C(=O)O)c1ccccc1. The standard InChI is InChI=1S/C19H17NO4S/c1-3-25-17(12-20)18(13-7-5-4-6-8-13)24-16-11-14(23-2)9-10-15(16)19(21)22/h4-11H,3H2,1-2H3,(H,21,22). The molecule has 6 heteroatoms. The molecule has 2 aromatic rings. The number of nitriles is 1. The molecule has 0 aliphatic carbocycles. The number of hydrogen-bond donors (Lipinski definition) is 1. The quantitative estimate of drug-likeness (QED) is 0.585. The largest absolute Gasteiger partial charge is 0.497 e. The van der Waals surface area contributed by atoms with Gasteiger partial charge < -0.3 is 14.6 Å². The predicted molar refractivity (Wildman–Crippen MR) is 97.7 cm³/mol. The van der Waals surface area contributed by atoms with Crippen molar-refractivity contribution < 1.29 is 19.4 Å². The summed E-state index contributed by atoms with van der Waals surface area (Å²) in [4.78, 5) is 11.9. The van der Waals surface area contributed by atoms with Crippen LogP contribution in [0.25, 0.3) is 5.76 Å². The highest BCUT2D eigenvalue weighted by molar-refractivity contribution is 8.03. The molecule has 0 saturated heterocycles. The van der Waals surface area contributed by atoms with Crippen molar-refractivity contribution in [3.05, 3.63) is 64.6 Å². The fourth-order valence-electron chi connectivity index (χ4n) is 2.12. The fourth-order valence-corrected chi connectivity index (χ4v) is 2.76. The van der Waals surface area contributed by atoms with E-state index in [1.54, 1.807) is 6.07 Å². The van der Waals surface area contributed by atoms with Gasteiger partial charge in [0.15, 0.2) is 5.76 Å². The van der Waals surface area contributed by atoms with E-state index < -0.39 is 5.97 Å². The van der Waals surface area contributed by atoms with Gasteiger partial charge in [-0.05, 0) is 17.9 Å². The van der Waals surface area contributed by atoms with Crippen LogP contribution in [0.5, 0.6) is 11.5 Å². The zero-order valence-electron chi connectivity index (χ0n) is 13.9. The number of carboxylic acids is 1. The Balaban J connectivity index is 2.59. The smallest absolute Gasteiger partial charge is 0.339 e. The van der Waals surface area contributed by atoms with Crippen LogP contribution in [-0.2, 0) is 0 Å². The minimum absolute atomic E-state index is 0.00646. The number of ether oxygens (including phenoxy) is 2. The summed E-state index contributed by atoms with van der Waals surface area (Å²) in [5.74, 6) is 0.480. The maximum absolute atomic E-state index is 11.5. The number of rotatable bonds is 7. The lowest BCUT2D eigenvalue weighted by Gasteiger charge is -2.15. The van der Waals surface area contributed by atoms with Crippen LogP contribution in [0.3, 0.4) is 0 Å². The molecule has 0 aliphatic heterocycles. The molecule has 0 atom stereocenters. The molecule has 0 amide bonds. The van der Waals surface area contributed by atoms with E-state index in [0.29, 0.717) is 27.7 Å². The number of methoxy groups -OCH3 is 1. The van der Waals surface area contributed by atoms with Gasteiger partial charge in [0, 0.05) is 11.6 Å². The monoisotopic (exact) mass is 355 g/mol. The van der Waals surface area contributed by atoms with Crippen molar-refractivity contribution in [1.29, 1.82) is 5.26 Å². The molecule has 0 radical (unpaired) electrons. The summed E-state index contributed by atoms with van der Waals surface area (Å²) in [6, 6.07) is 15.7. The van der Waals surface area contributed by atoms with Crippen LogP contribution in [0, 0.1) is 11.3 Å². The number of benzene rings is 2. The molecule has 2 rings (SSSR count). The lowest BCUT2D eigenvalue weighted by atomic mass is 10.1. The van der Waals surface area contributed by atoms with Gasteiger partial charge in [0.1, 0.15) is 28.0 Å². The van der Waals surface area contributed by atoms with Crippen molar-refractivity contribution in [3.8, 4) is 17.6 Å². The van der Waals surface area contributed by atoms with Gasteiger partial charge in [-0.1, -0.05) is 37.3 Å². The summed E-state index contributed by atoms with van der Waals surface area (Å²) in [7, 11) is 1.49. The molecule has 1 N–H and O–H groups in total. The zero-order chi connectivity index (χ0) is 18.2. The minimum atomic E-state index is -1.12. The molecule has 0 saturated carbocycles. The van der Waals surface area contributed by atoms with E-state index in [1.807, 2.05) is 37.3 Å². The molecule has 0 aliphatic rings. The summed E-state index contributed by atoms with van der Waals surface area (Å²) in [5.41, 5.74) is 0.687. The summed E-state index contributed by atoms with van der Waals surface area (Å²) in [5, 5.41) is 18.9. The second kappa shape index (κ2) is 8.81. The molecule has 0 spiro atoms. The van der Waals surface area contributed by atoms with Crippen molar-refractivity contribution in [3.63, 3.8) is 0 Å². The molecule has 25 heavy (non-hydrogen) atoms. The Labute approximate surface area is 150 Å². The number of hydrogen-bond acceptors (Lipinski definition) is 5. The summed E-state index contributed by atoms with van der Waals surface area (Å²) in [6.07, 6.45) is 0. The predicted octanol–water partition coefficient (Wildman–Crippen LogP) is 4.42. The molecule has 2 aromatic carbocycles. The van der Waals surface area contributed by atoms with Crippen LogP contribution in [0.1, 0.15) is 22.8 Å². The lowest BCUT2D eigenvalue weighted by molar-refractivity contribution is 0.0694. The summed E-state index contributed by atoms with van der Waals surface area (Å²) in [6.45, 7) is 1.93. The van der Waals surface area contributed by atoms with Crippen molar-refractivity contribution in [2.24, 2.45) is 0 Å². The maximum Gasteiger partial charge on any atom is 0.339 e. The highest BCUT2D eigenvalue weighted by Gasteiger charge is 2.18. The van der Waals surface area contributed by atoms with Gasteiger partial charge in [-0.2, -0.15) is 5.26 Å². The van der Waals surface area contributed by atoms with Gasteiger partial charge in [0.05, 0.1) is 7.11 Å². The van der Waals surface area contributed by atoms with Gasteiger partial charge in [-0.3, -0.25) is 0 Å². The Morgan fingerprint density at radius 3 is 2.52 bits per heavy atom. The highest BCUT2D eigenvalue weighted by Crippen LogP contribution is 2.33.